The lowest BCUT2D eigenvalue weighted by Gasteiger charge is -2.23. The lowest BCUT2D eigenvalue weighted by Crippen LogP contribution is -2.17. The monoisotopic (exact) mass is 298 g/mol. The van der Waals surface area contributed by atoms with Crippen LogP contribution in [-0.2, 0) is 27.2 Å². The summed E-state index contributed by atoms with van der Waals surface area (Å²) in [6.07, 6.45) is 7.96. The van der Waals surface area contributed by atoms with Crippen LogP contribution < -0.4 is 0 Å². The van der Waals surface area contributed by atoms with Crippen LogP contribution in [0.25, 0.3) is 0 Å². The number of benzene rings is 1. The van der Waals surface area contributed by atoms with Gasteiger partial charge in [0.2, 0.25) is 0 Å². The molecule has 0 N–H and O–H groups in total. The molecule has 116 valence electrons. The topological polar surface area (TPSA) is 43.4 Å². The van der Waals surface area contributed by atoms with Crippen molar-refractivity contribution in [3.63, 3.8) is 0 Å². The van der Waals surface area contributed by atoms with Gasteiger partial charge in [-0.2, -0.15) is 0 Å². The summed E-state index contributed by atoms with van der Waals surface area (Å²) in [6, 6.07) is 6.83. The normalized spacial score (nSPS) is 33.7. The molecule has 4 rings (SSSR count). The first-order chi connectivity index (χ1) is 10.7. The zero-order valence-corrected chi connectivity index (χ0v) is 12.8. The highest BCUT2D eigenvalue weighted by Gasteiger charge is 2.46. The van der Waals surface area contributed by atoms with Gasteiger partial charge in [-0.1, -0.05) is 18.2 Å². The van der Waals surface area contributed by atoms with Crippen LogP contribution in [0.1, 0.15) is 54.7 Å². The number of aldehydes is 1. The Kier molecular flexibility index (Phi) is 3.32. The van der Waals surface area contributed by atoms with Gasteiger partial charge in [0.25, 0.3) is 0 Å². The van der Waals surface area contributed by atoms with Crippen LogP contribution in [0, 0.1) is 11.3 Å². The van der Waals surface area contributed by atoms with Crippen LogP contribution in [0.3, 0.4) is 0 Å². The second-order valence-electron chi connectivity index (χ2n) is 7.44. The highest BCUT2D eigenvalue weighted by Crippen LogP contribution is 2.51. The summed E-state index contributed by atoms with van der Waals surface area (Å²) < 4.78 is 5.22. The largest absolute Gasteiger partial charge is 0.465 e. The number of hydrogen-bond donors (Lipinski definition) is 0. The molecule has 1 aromatic carbocycles. The summed E-state index contributed by atoms with van der Waals surface area (Å²) in [5.41, 5.74) is 4.30. The summed E-state index contributed by atoms with van der Waals surface area (Å²) in [5.74, 6) is 0.740. The van der Waals surface area contributed by atoms with Crippen molar-refractivity contribution in [2.75, 3.05) is 6.61 Å². The molecule has 3 atom stereocenters. The smallest absolute Gasteiger partial charge is 0.306 e. The molecule has 0 aromatic heterocycles. The van der Waals surface area contributed by atoms with Gasteiger partial charge in [-0.3, -0.25) is 4.79 Å². The van der Waals surface area contributed by atoms with Crippen LogP contribution in [0.5, 0.6) is 0 Å². The number of esters is 1. The molecule has 0 amide bonds. The Morgan fingerprint density at radius 1 is 1.23 bits per heavy atom. The molecule has 3 aliphatic rings. The first-order valence-electron chi connectivity index (χ1n) is 8.40. The van der Waals surface area contributed by atoms with Gasteiger partial charge in [0.1, 0.15) is 6.29 Å². The van der Waals surface area contributed by atoms with Crippen molar-refractivity contribution in [3.8, 4) is 0 Å². The van der Waals surface area contributed by atoms with Gasteiger partial charge in [-0.25, -0.2) is 0 Å². The predicted octanol–water partition coefficient (Wildman–Crippen LogP) is 3.19. The molecule has 1 saturated carbocycles. The van der Waals surface area contributed by atoms with E-state index in [4.69, 9.17) is 4.74 Å². The third-order valence-electron chi connectivity index (χ3n) is 5.92. The van der Waals surface area contributed by atoms with Crippen molar-refractivity contribution in [2.45, 2.75) is 50.9 Å². The third-order valence-corrected chi connectivity index (χ3v) is 5.92. The molecule has 1 heterocycles. The fraction of sp³-hybridized carbons (Fsp3) is 0.579. The Bertz CT molecular complexity index is 621. The molecule has 0 unspecified atom stereocenters. The number of aryl methyl sites for hydroxylation is 1. The molecule has 1 aliphatic heterocycles. The highest BCUT2D eigenvalue weighted by atomic mass is 16.5. The molecule has 2 fully saturated rings. The Morgan fingerprint density at radius 2 is 2.14 bits per heavy atom. The second kappa shape index (κ2) is 5.22. The third kappa shape index (κ3) is 2.37. The fourth-order valence-corrected chi connectivity index (χ4v) is 4.60. The molecular weight excluding hydrogens is 276 g/mol. The lowest BCUT2D eigenvalue weighted by atomic mass is 9.81. The summed E-state index contributed by atoms with van der Waals surface area (Å²) in [5, 5.41) is 0. The SMILES string of the molecule is O=C[C@@H]1CCc2cc([C@H]3CC[C@]4(COC(=O)C4)C3)ccc2C1. The van der Waals surface area contributed by atoms with Crippen molar-refractivity contribution < 1.29 is 14.3 Å². The molecule has 3 heteroatoms. The lowest BCUT2D eigenvalue weighted by molar-refractivity contribution is -0.137. The Hall–Kier alpha value is -1.64. The van der Waals surface area contributed by atoms with Crippen molar-refractivity contribution in [1.29, 1.82) is 0 Å². The highest BCUT2D eigenvalue weighted by molar-refractivity contribution is 5.72. The summed E-state index contributed by atoms with van der Waals surface area (Å²) >= 11 is 0. The van der Waals surface area contributed by atoms with Crippen LogP contribution in [0.4, 0.5) is 0 Å². The van der Waals surface area contributed by atoms with E-state index in [1.165, 1.54) is 16.7 Å². The standard InChI is InChI=1S/C19H22O3/c20-11-13-1-2-15-8-16(4-3-14(15)7-13)17-5-6-19(9-17)10-18(21)22-12-19/h3-4,8,11,13,17H,1-2,5-7,9-10,12H2/t13-,17+,19+/m1/s1. The van der Waals surface area contributed by atoms with Gasteiger partial charge < -0.3 is 9.53 Å². The van der Waals surface area contributed by atoms with Gasteiger partial charge >= 0.3 is 5.97 Å². The summed E-state index contributed by atoms with van der Waals surface area (Å²) in [7, 11) is 0. The van der Waals surface area contributed by atoms with Crippen molar-refractivity contribution in [1.82, 2.24) is 0 Å². The number of fused-ring (bicyclic) bond motifs is 1. The van der Waals surface area contributed by atoms with Gasteiger partial charge in [-0.05, 0) is 61.1 Å². The van der Waals surface area contributed by atoms with E-state index in [1.54, 1.807) is 0 Å². The molecule has 1 aromatic rings. The van der Waals surface area contributed by atoms with E-state index in [-0.39, 0.29) is 17.3 Å². The quantitative estimate of drug-likeness (QED) is 0.622. The van der Waals surface area contributed by atoms with Gasteiger partial charge in [0.15, 0.2) is 0 Å². The van der Waals surface area contributed by atoms with Crippen LogP contribution in [0.15, 0.2) is 18.2 Å². The Morgan fingerprint density at radius 3 is 2.91 bits per heavy atom. The number of ether oxygens (including phenoxy) is 1. The number of carbonyl (C=O) groups excluding carboxylic acids is 2. The molecule has 22 heavy (non-hydrogen) atoms. The molecule has 0 bridgehead atoms. The minimum Gasteiger partial charge on any atom is -0.465 e. The van der Waals surface area contributed by atoms with E-state index >= 15 is 0 Å². The molecule has 1 spiro atoms. The minimum atomic E-state index is -0.0222. The summed E-state index contributed by atoms with van der Waals surface area (Å²) in [6.45, 7) is 0.619. The number of cyclic esters (lactones) is 1. The van der Waals surface area contributed by atoms with Crippen molar-refractivity contribution in [3.05, 3.63) is 34.9 Å². The second-order valence-corrected chi connectivity index (χ2v) is 7.44. The molecule has 2 aliphatic carbocycles. The number of hydrogen-bond acceptors (Lipinski definition) is 3. The first kappa shape index (κ1) is 14.0. The zero-order chi connectivity index (χ0) is 15.2. The van der Waals surface area contributed by atoms with E-state index in [9.17, 15) is 9.59 Å². The maximum atomic E-state index is 11.4. The number of rotatable bonds is 2. The Labute approximate surface area is 131 Å². The van der Waals surface area contributed by atoms with E-state index in [0.717, 1.165) is 44.8 Å². The van der Waals surface area contributed by atoms with Crippen LogP contribution in [0.2, 0.25) is 0 Å². The van der Waals surface area contributed by atoms with Crippen LogP contribution in [-0.4, -0.2) is 18.9 Å². The van der Waals surface area contributed by atoms with Gasteiger partial charge in [-0.15, -0.1) is 0 Å². The van der Waals surface area contributed by atoms with Crippen LogP contribution >= 0.6 is 0 Å². The molecule has 1 saturated heterocycles. The Balaban J connectivity index is 1.52. The fourth-order valence-electron chi connectivity index (χ4n) is 4.60. The number of carbonyl (C=O) groups is 2. The maximum absolute atomic E-state index is 11.4. The average Bonchev–Trinajstić information content (AvgIpc) is 3.13. The molecule has 3 nitrogen and oxygen atoms in total. The molecule has 0 radical (unpaired) electrons. The van der Waals surface area contributed by atoms with E-state index in [0.29, 0.717) is 18.9 Å². The van der Waals surface area contributed by atoms with Gasteiger partial charge in [0.05, 0.1) is 13.0 Å². The maximum Gasteiger partial charge on any atom is 0.306 e. The minimum absolute atomic E-state index is 0.0222. The molecular formula is C19H22O3. The van der Waals surface area contributed by atoms with E-state index in [2.05, 4.69) is 18.2 Å². The van der Waals surface area contributed by atoms with Crippen molar-refractivity contribution >= 4 is 12.3 Å². The van der Waals surface area contributed by atoms with Crippen molar-refractivity contribution in [2.24, 2.45) is 11.3 Å². The summed E-state index contributed by atoms with van der Waals surface area (Å²) in [4.78, 5) is 22.4. The van der Waals surface area contributed by atoms with E-state index < -0.39 is 0 Å². The average molecular weight is 298 g/mol. The zero-order valence-electron chi connectivity index (χ0n) is 12.8. The first-order valence-corrected chi connectivity index (χ1v) is 8.40. The van der Waals surface area contributed by atoms with E-state index in [1.807, 2.05) is 0 Å². The van der Waals surface area contributed by atoms with Gasteiger partial charge in [0, 0.05) is 11.3 Å². The predicted molar refractivity (Wildman–Crippen MR) is 82.6 cm³/mol.